The smallest absolute Gasteiger partial charge is 0.125 e. The zero-order valence-corrected chi connectivity index (χ0v) is 12.3. The zero-order chi connectivity index (χ0) is 13.8. The fourth-order valence-electron chi connectivity index (χ4n) is 2.33. The molecule has 1 aromatic carbocycles. The molecule has 1 aromatic heterocycles. The number of benzene rings is 1. The van der Waals surface area contributed by atoms with Gasteiger partial charge in [0.25, 0.3) is 0 Å². The number of hydrogen-bond acceptors (Lipinski definition) is 1. The molecule has 0 aliphatic rings. The minimum Gasteiger partial charge on any atom is -0.327 e. The Labute approximate surface area is 118 Å². The molecular formula is C15H20ClFN2. The van der Waals surface area contributed by atoms with Crippen LogP contribution in [0, 0.1) is 11.7 Å². The van der Waals surface area contributed by atoms with Crippen molar-refractivity contribution in [3.8, 4) is 0 Å². The van der Waals surface area contributed by atoms with Crippen molar-refractivity contribution >= 4 is 22.6 Å². The molecule has 2 aromatic rings. The van der Waals surface area contributed by atoms with E-state index in [2.05, 4.69) is 23.4 Å². The Morgan fingerprint density at radius 1 is 1.32 bits per heavy atom. The van der Waals surface area contributed by atoms with Gasteiger partial charge in [0.15, 0.2) is 0 Å². The normalized spacial score (nSPS) is 11.6. The molecule has 0 radical (unpaired) electrons. The van der Waals surface area contributed by atoms with Gasteiger partial charge in [-0.2, -0.15) is 0 Å². The molecule has 0 aliphatic carbocycles. The van der Waals surface area contributed by atoms with E-state index in [0.717, 1.165) is 30.2 Å². The maximum atomic E-state index is 13.2. The number of rotatable bonds is 6. The van der Waals surface area contributed by atoms with Gasteiger partial charge in [-0.3, -0.25) is 0 Å². The van der Waals surface area contributed by atoms with Crippen molar-refractivity contribution in [3.05, 3.63) is 29.8 Å². The molecule has 0 atom stereocenters. The van der Waals surface area contributed by atoms with Crippen LogP contribution >= 0.6 is 11.6 Å². The fraction of sp³-hybridized carbons (Fsp3) is 0.533. The van der Waals surface area contributed by atoms with E-state index in [-0.39, 0.29) is 5.82 Å². The summed E-state index contributed by atoms with van der Waals surface area (Å²) in [5.41, 5.74) is 1.67. The number of aromatic nitrogens is 2. The lowest BCUT2D eigenvalue weighted by Gasteiger charge is -2.08. The highest BCUT2D eigenvalue weighted by atomic mass is 35.5. The summed E-state index contributed by atoms with van der Waals surface area (Å²) in [4.78, 5) is 4.40. The van der Waals surface area contributed by atoms with E-state index in [1.165, 1.54) is 25.0 Å². The first-order valence-corrected chi connectivity index (χ1v) is 7.36. The number of nitrogens with zero attached hydrogens (tertiary/aromatic N) is 2. The average Bonchev–Trinajstić information content (AvgIpc) is 2.71. The Balaban J connectivity index is 2.16. The standard InChI is InChI=1S/C15H20ClFN2/c1-11(2)5-3-4-8-19-14-7-6-12(17)9-13(14)18-15(19)10-16/h6-7,9,11H,3-5,8,10H2,1-2H3. The van der Waals surface area contributed by atoms with Gasteiger partial charge in [-0.25, -0.2) is 9.37 Å². The fourth-order valence-corrected chi connectivity index (χ4v) is 2.53. The highest BCUT2D eigenvalue weighted by molar-refractivity contribution is 6.16. The molecule has 19 heavy (non-hydrogen) atoms. The molecule has 0 unspecified atom stereocenters. The molecule has 4 heteroatoms. The van der Waals surface area contributed by atoms with Crippen LogP contribution in [0.2, 0.25) is 0 Å². The van der Waals surface area contributed by atoms with Gasteiger partial charge in [0.2, 0.25) is 0 Å². The predicted octanol–water partition coefficient (Wildman–Crippen LogP) is 4.74. The highest BCUT2D eigenvalue weighted by Crippen LogP contribution is 2.20. The SMILES string of the molecule is CC(C)CCCCn1c(CCl)nc2cc(F)ccc21. The molecule has 0 N–H and O–H groups in total. The Bertz CT molecular complexity index is 548. The second-order valence-electron chi connectivity index (χ2n) is 5.34. The Morgan fingerprint density at radius 2 is 2.11 bits per heavy atom. The minimum absolute atomic E-state index is 0.252. The van der Waals surface area contributed by atoms with Crippen LogP contribution in [-0.2, 0) is 12.4 Å². The van der Waals surface area contributed by atoms with E-state index in [4.69, 9.17) is 11.6 Å². The van der Waals surface area contributed by atoms with Crippen LogP contribution in [0.15, 0.2) is 18.2 Å². The number of halogens is 2. The zero-order valence-electron chi connectivity index (χ0n) is 11.5. The number of aryl methyl sites for hydroxylation is 1. The number of unbranched alkanes of at least 4 members (excludes halogenated alkanes) is 1. The summed E-state index contributed by atoms with van der Waals surface area (Å²) in [6, 6.07) is 4.73. The van der Waals surface area contributed by atoms with Crippen molar-refractivity contribution in [2.45, 2.75) is 45.5 Å². The van der Waals surface area contributed by atoms with E-state index < -0.39 is 0 Å². The van der Waals surface area contributed by atoms with Gasteiger partial charge in [0, 0.05) is 12.6 Å². The monoisotopic (exact) mass is 282 g/mol. The molecule has 0 aliphatic heterocycles. The first-order chi connectivity index (χ1) is 9.11. The van der Waals surface area contributed by atoms with Gasteiger partial charge in [-0.05, 0) is 24.5 Å². The molecule has 2 nitrogen and oxygen atoms in total. The predicted molar refractivity (Wildman–Crippen MR) is 77.9 cm³/mol. The first kappa shape index (κ1) is 14.3. The Morgan fingerprint density at radius 3 is 2.79 bits per heavy atom. The van der Waals surface area contributed by atoms with Crippen LogP contribution < -0.4 is 0 Å². The van der Waals surface area contributed by atoms with Gasteiger partial charge in [0.05, 0.1) is 16.9 Å². The van der Waals surface area contributed by atoms with E-state index in [1.54, 1.807) is 6.07 Å². The van der Waals surface area contributed by atoms with E-state index in [1.807, 2.05) is 0 Å². The number of hydrogen-bond donors (Lipinski definition) is 0. The maximum absolute atomic E-state index is 13.2. The number of alkyl halides is 1. The highest BCUT2D eigenvalue weighted by Gasteiger charge is 2.10. The molecule has 0 spiro atoms. The number of imidazole rings is 1. The third-order valence-electron chi connectivity index (χ3n) is 3.32. The summed E-state index contributed by atoms with van der Waals surface area (Å²) < 4.78 is 15.3. The quantitative estimate of drug-likeness (QED) is 0.553. The first-order valence-electron chi connectivity index (χ1n) is 6.82. The largest absolute Gasteiger partial charge is 0.327 e. The van der Waals surface area contributed by atoms with Gasteiger partial charge in [0.1, 0.15) is 11.6 Å². The molecule has 1 heterocycles. The van der Waals surface area contributed by atoms with Crippen LogP contribution in [0.1, 0.15) is 38.9 Å². The van der Waals surface area contributed by atoms with Gasteiger partial charge in [-0.15, -0.1) is 11.6 Å². The van der Waals surface area contributed by atoms with Crippen molar-refractivity contribution in [1.29, 1.82) is 0 Å². The van der Waals surface area contributed by atoms with Crippen molar-refractivity contribution < 1.29 is 4.39 Å². The van der Waals surface area contributed by atoms with Gasteiger partial charge in [-0.1, -0.05) is 26.7 Å². The Kier molecular flexibility index (Phi) is 4.81. The van der Waals surface area contributed by atoms with E-state index in [0.29, 0.717) is 11.4 Å². The van der Waals surface area contributed by atoms with Crippen LogP contribution in [0.3, 0.4) is 0 Å². The van der Waals surface area contributed by atoms with Gasteiger partial charge >= 0.3 is 0 Å². The second-order valence-corrected chi connectivity index (χ2v) is 5.60. The molecule has 104 valence electrons. The summed E-state index contributed by atoms with van der Waals surface area (Å²) >= 11 is 5.93. The molecular weight excluding hydrogens is 263 g/mol. The average molecular weight is 283 g/mol. The molecule has 0 bridgehead atoms. The van der Waals surface area contributed by atoms with Crippen LogP contribution in [0.4, 0.5) is 4.39 Å². The van der Waals surface area contributed by atoms with E-state index >= 15 is 0 Å². The molecule has 0 fully saturated rings. The summed E-state index contributed by atoms with van der Waals surface area (Å²) in [5.74, 6) is 1.67. The van der Waals surface area contributed by atoms with Crippen LogP contribution in [0.5, 0.6) is 0 Å². The van der Waals surface area contributed by atoms with E-state index in [9.17, 15) is 4.39 Å². The van der Waals surface area contributed by atoms with Gasteiger partial charge < -0.3 is 4.57 Å². The summed E-state index contributed by atoms with van der Waals surface area (Å²) in [6.07, 6.45) is 3.53. The summed E-state index contributed by atoms with van der Waals surface area (Å²) in [5, 5.41) is 0. The second kappa shape index (κ2) is 6.38. The lowest BCUT2D eigenvalue weighted by molar-refractivity contribution is 0.509. The minimum atomic E-state index is -0.252. The van der Waals surface area contributed by atoms with Crippen LogP contribution in [0.25, 0.3) is 11.0 Å². The van der Waals surface area contributed by atoms with Crippen molar-refractivity contribution in [2.75, 3.05) is 0 Å². The number of fused-ring (bicyclic) bond motifs is 1. The molecule has 2 rings (SSSR count). The third-order valence-corrected chi connectivity index (χ3v) is 3.56. The lowest BCUT2D eigenvalue weighted by Crippen LogP contribution is -2.03. The van der Waals surface area contributed by atoms with Crippen molar-refractivity contribution in [1.82, 2.24) is 9.55 Å². The van der Waals surface area contributed by atoms with Crippen molar-refractivity contribution in [2.24, 2.45) is 5.92 Å². The summed E-state index contributed by atoms with van der Waals surface area (Å²) in [7, 11) is 0. The Hall–Kier alpha value is -1.09. The molecule has 0 amide bonds. The topological polar surface area (TPSA) is 17.8 Å². The molecule has 0 saturated heterocycles. The third kappa shape index (κ3) is 3.47. The maximum Gasteiger partial charge on any atom is 0.125 e. The molecule has 0 saturated carbocycles. The summed E-state index contributed by atoms with van der Waals surface area (Å²) in [6.45, 7) is 5.37. The van der Waals surface area contributed by atoms with Crippen LogP contribution in [-0.4, -0.2) is 9.55 Å². The lowest BCUT2D eigenvalue weighted by atomic mass is 10.1. The van der Waals surface area contributed by atoms with Crippen molar-refractivity contribution in [3.63, 3.8) is 0 Å².